The van der Waals surface area contributed by atoms with Crippen LogP contribution in [0.2, 0.25) is 5.02 Å². The smallest absolute Gasteiger partial charge is 0.0930 e. The molecule has 0 atom stereocenters. The molecule has 0 saturated heterocycles. The summed E-state index contributed by atoms with van der Waals surface area (Å²) >= 11 is 5.94. The van der Waals surface area contributed by atoms with Crippen LogP contribution in [0.5, 0.6) is 0 Å². The summed E-state index contributed by atoms with van der Waals surface area (Å²) in [6.45, 7) is 0.400. The van der Waals surface area contributed by atoms with E-state index in [1.165, 1.54) is 0 Å². The molecule has 13 heavy (non-hydrogen) atoms. The molecule has 1 heterocycles. The third kappa shape index (κ3) is 1.54. The average molecular weight is 197 g/mol. The van der Waals surface area contributed by atoms with Crippen molar-refractivity contribution in [2.75, 3.05) is 0 Å². The van der Waals surface area contributed by atoms with E-state index < -0.39 is 0 Å². The first-order chi connectivity index (χ1) is 6.31. The largest absolute Gasteiger partial charge is 0.360 e. The predicted molar refractivity (Wildman–Crippen MR) is 52.3 cm³/mol. The molecule has 0 radical (unpaired) electrons. The van der Waals surface area contributed by atoms with Gasteiger partial charge in [-0.3, -0.25) is 4.84 Å². The number of nitrogens with two attached hydrogens (primary N) is 1. The highest BCUT2D eigenvalue weighted by molar-refractivity contribution is 6.35. The van der Waals surface area contributed by atoms with Gasteiger partial charge >= 0.3 is 0 Å². The van der Waals surface area contributed by atoms with Gasteiger partial charge in [0.1, 0.15) is 0 Å². The summed E-state index contributed by atoms with van der Waals surface area (Å²) < 4.78 is 0. The van der Waals surface area contributed by atoms with Crippen molar-refractivity contribution in [1.82, 2.24) is 4.98 Å². The van der Waals surface area contributed by atoms with Crippen LogP contribution >= 0.6 is 11.6 Å². The molecule has 1 aromatic carbocycles. The van der Waals surface area contributed by atoms with Gasteiger partial charge in [0.05, 0.1) is 11.6 Å². The number of rotatable bonds is 2. The highest BCUT2D eigenvalue weighted by Crippen LogP contribution is 2.23. The van der Waals surface area contributed by atoms with Crippen molar-refractivity contribution in [2.45, 2.75) is 6.61 Å². The van der Waals surface area contributed by atoms with Gasteiger partial charge in [-0.1, -0.05) is 17.7 Å². The first-order valence-corrected chi connectivity index (χ1v) is 4.26. The minimum Gasteiger partial charge on any atom is -0.360 e. The molecule has 0 saturated carbocycles. The van der Waals surface area contributed by atoms with Crippen LogP contribution in [-0.4, -0.2) is 4.98 Å². The number of aromatic nitrogens is 1. The fraction of sp³-hybridized carbons (Fsp3) is 0.111. The van der Waals surface area contributed by atoms with E-state index in [2.05, 4.69) is 9.82 Å². The molecule has 3 N–H and O–H groups in total. The van der Waals surface area contributed by atoms with Crippen LogP contribution in [0.1, 0.15) is 5.56 Å². The van der Waals surface area contributed by atoms with E-state index in [9.17, 15) is 0 Å². The quantitative estimate of drug-likeness (QED) is 0.724. The molecule has 0 aliphatic heterocycles. The second-order valence-corrected chi connectivity index (χ2v) is 3.23. The maximum absolute atomic E-state index is 5.94. The Kier molecular flexibility index (Phi) is 2.22. The molecule has 2 aromatic rings. The van der Waals surface area contributed by atoms with Crippen LogP contribution < -0.4 is 5.90 Å². The van der Waals surface area contributed by atoms with Crippen molar-refractivity contribution >= 4 is 22.5 Å². The molecule has 68 valence electrons. The summed E-state index contributed by atoms with van der Waals surface area (Å²) in [6, 6.07) is 5.86. The van der Waals surface area contributed by atoms with Gasteiger partial charge in [-0.25, -0.2) is 5.90 Å². The van der Waals surface area contributed by atoms with Gasteiger partial charge in [0.15, 0.2) is 0 Å². The summed E-state index contributed by atoms with van der Waals surface area (Å²) in [5.74, 6) is 4.98. The summed E-state index contributed by atoms with van der Waals surface area (Å²) in [7, 11) is 0. The fourth-order valence-electron chi connectivity index (χ4n) is 1.32. The lowest BCUT2D eigenvalue weighted by atomic mass is 10.2. The number of nitrogens with one attached hydrogen (secondary N) is 1. The molecule has 0 fully saturated rings. The highest BCUT2D eigenvalue weighted by atomic mass is 35.5. The Hall–Kier alpha value is -1.03. The molecule has 0 spiro atoms. The second-order valence-electron chi connectivity index (χ2n) is 2.83. The Labute approximate surface area is 80.4 Å². The summed E-state index contributed by atoms with van der Waals surface area (Å²) in [5.41, 5.74) is 2.03. The lowest BCUT2D eigenvalue weighted by molar-refractivity contribution is 0.124. The van der Waals surface area contributed by atoms with Crippen LogP contribution in [0, 0.1) is 0 Å². The average Bonchev–Trinajstić information content (AvgIpc) is 2.49. The molecule has 0 aliphatic rings. The first kappa shape index (κ1) is 8.56. The van der Waals surface area contributed by atoms with Crippen LogP contribution in [0.15, 0.2) is 24.4 Å². The van der Waals surface area contributed by atoms with Crippen LogP contribution in [-0.2, 0) is 11.4 Å². The van der Waals surface area contributed by atoms with Gasteiger partial charge < -0.3 is 4.98 Å². The van der Waals surface area contributed by atoms with Crippen molar-refractivity contribution < 1.29 is 4.84 Å². The lowest BCUT2D eigenvalue weighted by Crippen LogP contribution is -1.98. The number of H-pyrrole nitrogens is 1. The first-order valence-electron chi connectivity index (χ1n) is 3.88. The fourth-order valence-corrected chi connectivity index (χ4v) is 1.53. The Morgan fingerprint density at radius 1 is 1.46 bits per heavy atom. The Balaban J connectivity index is 2.53. The molecular formula is C9H9ClN2O. The highest BCUT2D eigenvalue weighted by Gasteiger charge is 2.01. The lowest BCUT2D eigenvalue weighted by Gasteiger charge is -1.98. The molecular weight excluding hydrogens is 188 g/mol. The second kappa shape index (κ2) is 3.38. The maximum atomic E-state index is 5.94. The summed E-state index contributed by atoms with van der Waals surface area (Å²) in [6.07, 6.45) is 1.76. The molecule has 0 amide bonds. The summed E-state index contributed by atoms with van der Waals surface area (Å²) in [4.78, 5) is 7.59. The third-order valence-corrected chi connectivity index (χ3v) is 2.26. The van der Waals surface area contributed by atoms with Gasteiger partial charge in [-0.15, -0.1) is 0 Å². The van der Waals surface area contributed by atoms with Crippen LogP contribution in [0.3, 0.4) is 0 Å². The third-order valence-electron chi connectivity index (χ3n) is 1.95. The number of fused-ring (bicyclic) bond motifs is 1. The molecule has 2 rings (SSSR count). The minimum atomic E-state index is 0.400. The minimum absolute atomic E-state index is 0.400. The van der Waals surface area contributed by atoms with Crippen molar-refractivity contribution in [3.05, 3.63) is 35.0 Å². The van der Waals surface area contributed by atoms with Crippen molar-refractivity contribution in [3.8, 4) is 0 Å². The number of hydrogen-bond donors (Lipinski definition) is 2. The van der Waals surface area contributed by atoms with Crippen molar-refractivity contribution in [1.29, 1.82) is 0 Å². The van der Waals surface area contributed by atoms with Crippen molar-refractivity contribution in [2.24, 2.45) is 5.90 Å². The number of benzene rings is 1. The van der Waals surface area contributed by atoms with Gasteiger partial charge in [0.2, 0.25) is 0 Å². The van der Waals surface area contributed by atoms with E-state index in [1.54, 1.807) is 6.20 Å². The normalized spacial score (nSPS) is 10.9. The maximum Gasteiger partial charge on any atom is 0.0930 e. The zero-order chi connectivity index (χ0) is 9.26. The van der Waals surface area contributed by atoms with Gasteiger partial charge in [0.25, 0.3) is 0 Å². The topological polar surface area (TPSA) is 51.0 Å². The molecule has 3 nitrogen and oxygen atoms in total. The number of halogens is 1. The van der Waals surface area contributed by atoms with Crippen molar-refractivity contribution in [3.63, 3.8) is 0 Å². The van der Waals surface area contributed by atoms with Gasteiger partial charge in [-0.2, -0.15) is 0 Å². The molecule has 0 aliphatic carbocycles. The number of hydrogen-bond acceptors (Lipinski definition) is 2. The van der Waals surface area contributed by atoms with E-state index >= 15 is 0 Å². The van der Waals surface area contributed by atoms with E-state index in [-0.39, 0.29) is 0 Å². The Morgan fingerprint density at radius 3 is 3.08 bits per heavy atom. The standard InChI is InChI=1S/C9H9ClN2O/c10-8-4-12-9-2-1-6(5-13-11)3-7(8)9/h1-4,12H,5,11H2. The van der Waals surface area contributed by atoms with Gasteiger partial charge in [0, 0.05) is 17.1 Å². The monoisotopic (exact) mass is 196 g/mol. The van der Waals surface area contributed by atoms with E-state index in [4.69, 9.17) is 17.5 Å². The van der Waals surface area contributed by atoms with Gasteiger partial charge in [-0.05, 0) is 17.7 Å². The predicted octanol–water partition coefficient (Wildman–Crippen LogP) is 2.21. The molecule has 1 aromatic heterocycles. The molecule has 4 heteroatoms. The zero-order valence-electron chi connectivity index (χ0n) is 6.88. The zero-order valence-corrected chi connectivity index (χ0v) is 7.64. The Bertz CT molecular complexity index is 424. The van der Waals surface area contributed by atoms with Crippen LogP contribution in [0.25, 0.3) is 10.9 Å². The Morgan fingerprint density at radius 2 is 2.31 bits per heavy atom. The SMILES string of the molecule is NOCc1ccc2[nH]cc(Cl)c2c1. The molecule has 0 bridgehead atoms. The van der Waals surface area contributed by atoms with E-state index in [0.29, 0.717) is 11.6 Å². The molecule has 0 unspecified atom stereocenters. The van der Waals surface area contributed by atoms with E-state index in [1.807, 2.05) is 18.2 Å². The summed E-state index contributed by atoms with van der Waals surface area (Å²) in [5, 5.41) is 1.71. The number of aromatic amines is 1. The van der Waals surface area contributed by atoms with Crippen LogP contribution in [0.4, 0.5) is 0 Å². The van der Waals surface area contributed by atoms with E-state index in [0.717, 1.165) is 16.5 Å².